The highest BCUT2D eigenvalue weighted by Gasteiger charge is 1.99. The van der Waals surface area contributed by atoms with Crippen molar-refractivity contribution in [2.75, 3.05) is 6.61 Å². The number of pyridine rings is 1. The maximum absolute atomic E-state index is 10.4. The van der Waals surface area contributed by atoms with Crippen molar-refractivity contribution in [1.82, 2.24) is 15.0 Å². The average Bonchev–Trinajstić information content (AvgIpc) is 2.41. The fraction of sp³-hybridized carbons (Fsp3) is 0.167. The molecule has 2 heterocycles. The molecule has 0 N–H and O–H groups in total. The van der Waals surface area contributed by atoms with Gasteiger partial charge in [-0.25, -0.2) is 9.97 Å². The molecule has 17 heavy (non-hydrogen) atoms. The fourth-order valence-electron chi connectivity index (χ4n) is 1.25. The molecule has 0 amide bonds. The molecule has 5 heteroatoms. The van der Waals surface area contributed by atoms with E-state index in [-0.39, 0.29) is 6.01 Å². The van der Waals surface area contributed by atoms with Crippen LogP contribution in [0.15, 0.2) is 36.8 Å². The molecule has 0 aliphatic carbocycles. The van der Waals surface area contributed by atoms with Crippen LogP contribution < -0.4 is 4.74 Å². The Hall–Kier alpha value is -2.30. The van der Waals surface area contributed by atoms with Crippen molar-refractivity contribution >= 4 is 6.29 Å². The van der Waals surface area contributed by atoms with Gasteiger partial charge >= 0.3 is 6.01 Å². The Kier molecular flexibility index (Phi) is 3.75. The summed E-state index contributed by atoms with van der Waals surface area (Å²) in [5.74, 6) is 0. The molecule has 0 atom stereocenters. The van der Waals surface area contributed by atoms with E-state index in [1.54, 1.807) is 6.20 Å². The molecule has 5 nitrogen and oxygen atoms in total. The van der Waals surface area contributed by atoms with Crippen molar-refractivity contribution in [3.8, 4) is 6.01 Å². The van der Waals surface area contributed by atoms with Crippen LogP contribution in [0.25, 0.3) is 0 Å². The zero-order valence-electron chi connectivity index (χ0n) is 9.11. The summed E-state index contributed by atoms with van der Waals surface area (Å²) in [7, 11) is 0. The van der Waals surface area contributed by atoms with Gasteiger partial charge in [-0.1, -0.05) is 6.07 Å². The number of aldehydes is 1. The summed E-state index contributed by atoms with van der Waals surface area (Å²) in [6.45, 7) is 0.456. The molecule has 0 radical (unpaired) electrons. The van der Waals surface area contributed by atoms with Crippen molar-refractivity contribution in [1.29, 1.82) is 0 Å². The van der Waals surface area contributed by atoms with Crippen LogP contribution in [0.5, 0.6) is 6.01 Å². The van der Waals surface area contributed by atoms with Crippen molar-refractivity contribution in [2.24, 2.45) is 0 Å². The van der Waals surface area contributed by atoms with Crippen LogP contribution in [0.3, 0.4) is 0 Å². The van der Waals surface area contributed by atoms with Gasteiger partial charge in [0.25, 0.3) is 0 Å². The molecule has 0 fully saturated rings. The minimum Gasteiger partial charge on any atom is -0.463 e. The number of carbonyl (C=O) groups is 1. The number of hydrogen-bond acceptors (Lipinski definition) is 5. The lowest BCUT2D eigenvalue weighted by Gasteiger charge is -2.03. The Balaban J connectivity index is 1.84. The van der Waals surface area contributed by atoms with Crippen molar-refractivity contribution in [2.45, 2.75) is 6.42 Å². The van der Waals surface area contributed by atoms with Crippen molar-refractivity contribution in [3.05, 3.63) is 48.0 Å². The van der Waals surface area contributed by atoms with Crippen LogP contribution in [0.4, 0.5) is 0 Å². The van der Waals surface area contributed by atoms with Gasteiger partial charge in [-0.05, 0) is 12.1 Å². The highest BCUT2D eigenvalue weighted by Crippen LogP contribution is 2.02. The third-order valence-electron chi connectivity index (χ3n) is 2.10. The van der Waals surface area contributed by atoms with E-state index in [1.807, 2.05) is 18.2 Å². The van der Waals surface area contributed by atoms with E-state index < -0.39 is 0 Å². The van der Waals surface area contributed by atoms with Gasteiger partial charge in [-0.15, -0.1) is 0 Å². The Labute approximate surface area is 98.5 Å². The highest BCUT2D eigenvalue weighted by molar-refractivity contribution is 5.73. The quantitative estimate of drug-likeness (QED) is 0.723. The summed E-state index contributed by atoms with van der Waals surface area (Å²) >= 11 is 0. The minimum absolute atomic E-state index is 0.270. The smallest absolute Gasteiger partial charge is 0.316 e. The van der Waals surface area contributed by atoms with Gasteiger partial charge < -0.3 is 4.74 Å². The summed E-state index contributed by atoms with van der Waals surface area (Å²) in [6.07, 6.45) is 5.98. The predicted octanol–water partition coefficient (Wildman–Crippen LogP) is 1.31. The lowest BCUT2D eigenvalue weighted by atomic mass is 10.3. The molecule has 0 aliphatic heterocycles. The lowest BCUT2D eigenvalue weighted by Crippen LogP contribution is -2.05. The summed E-state index contributed by atoms with van der Waals surface area (Å²) < 4.78 is 5.33. The molecule has 0 bridgehead atoms. The van der Waals surface area contributed by atoms with E-state index in [4.69, 9.17) is 4.74 Å². The third-order valence-corrected chi connectivity index (χ3v) is 2.10. The largest absolute Gasteiger partial charge is 0.463 e. The van der Waals surface area contributed by atoms with E-state index in [9.17, 15) is 4.79 Å². The Bertz CT molecular complexity index is 471. The molecule has 2 aromatic heterocycles. The summed E-state index contributed by atoms with van der Waals surface area (Å²) in [4.78, 5) is 22.3. The van der Waals surface area contributed by atoms with Crippen molar-refractivity contribution in [3.63, 3.8) is 0 Å². The van der Waals surface area contributed by atoms with Crippen molar-refractivity contribution < 1.29 is 9.53 Å². The van der Waals surface area contributed by atoms with E-state index >= 15 is 0 Å². The molecular weight excluding hydrogens is 218 g/mol. The van der Waals surface area contributed by atoms with Gasteiger partial charge in [0, 0.05) is 30.7 Å². The van der Waals surface area contributed by atoms with Gasteiger partial charge in [0.2, 0.25) is 0 Å². The van der Waals surface area contributed by atoms with Crippen LogP contribution in [0.2, 0.25) is 0 Å². The summed E-state index contributed by atoms with van der Waals surface area (Å²) in [5.41, 5.74) is 1.39. The van der Waals surface area contributed by atoms with Crippen LogP contribution in [-0.4, -0.2) is 27.8 Å². The average molecular weight is 229 g/mol. The minimum atomic E-state index is 0.270. The second-order valence-electron chi connectivity index (χ2n) is 3.34. The summed E-state index contributed by atoms with van der Waals surface area (Å²) in [5, 5.41) is 0. The first kappa shape index (κ1) is 11.2. The Morgan fingerprint density at radius 2 is 2.00 bits per heavy atom. The Morgan fingerprint density at radius 1 is 1.18 bits per heavy atom. The normalized spacial score (nSPS) is 9.88. The molecule has 0 aliphatic rings. The highest BCUT2D eigenvalue weighted by atomic mass is 16.5. The summed E-state index contributed by atoms with van der Waals surface area (Å²) in [6, 6.07) is 6.00. The van der Waals surface area contributed by atoms with E-state index in [1.165, 1.54) is 12.4 Å². The molecule has 0 spiro atoms. The number of ether oxygens (including phenoxy) is 1. The number of rotatable bonds is 5. The molecular formula is C12H11N3O2. The van der Waals surface area contributed by atoms with Gasteiger partial charge in [-0.2, -0.15) is 0 Å². The van der Waals surface area contributed by atoms with Crippen LogP contribution >= 0.6 is 0 Å². The van der Waals surface area contributed by atoms with Crippen LogP contribution in [-0.2, 0) is 6.42 Å². The van der Waals surface area contributed by atoms with E-state index in [0.29, 0.717) is 24.9 Å². The monoisotopic (exact) mass is 229 g/mol. The maximum atomic E-state index is 10.4. The maximum Gasteiger partial charge on any atom is 0.316 e. The van der Waals surface area contributed by atoms with Gasteiger partial charge in [0.05, 0.1) is 12.2 Å². The first-order valence-corrected chi connectivity index (χ1v) is 5.18. The second kappa shape index (κ2) is 5.69. The predicted molar refractivity (Wildman–Crippen MR) is 60.9 cm³/mol. The number of nitrogens with zero attached hydrogens (tertiary/aromatic N) is 3. The fourth-order valence-corrected chi connectivity index (χ4v) is 1.25. The van der Waals surface area contributed by atoms with Gasteiger partial charge in [-0.3, -0.25) is 9.78 Å². The molecule has 0 unspecified atom stereocenters. The molecule has 0 saturated carbocycles. The van der Waals surface area contributed by atoms with Crippen LogP contribution in [0.1, 0.15) is 16.1 Å². The van der Waals surface area contributed by atoms with Gasteiger partial charge in [0.1, 0.15) is 0 Å². The van der Waals surface area contributed by atoms with Gasteiger partial charge in [0.15, 0.2) is 6.29 Å². The lowest BCUT2D eigenvalue weighted by molar-refractivity contribution is 0.112. The second-order valence-corrected chi connectivity index (χ2v) is 3.34. The molecule has 0 aromatic carbocycles. The Morgan fingerprint density at radius 3 is 2.65 bits per heavy atom. The molecule has 2 rings (SSSR count). The number of carbonyl (C=O) groups excluding carboxylic acids is 1. The third kappa shape index (κ3) is 3.34. The van der Waals surface area contributed by atoms with Crippen LogP contribution in [0, 0.1) is 0 Å². The zero-order valence-corrected chi connectivity index (χ0v) is 9.11. The standard InChI is InChI=1S/C12H11N3O2/c16-9-10-7-14-12(15-8-10)17-6-4-11-3-1-2-5-13-11/h1-3,5,7-9H,4,6H2. The zero-order chi connectivity index (χ0) is 11.9. The topological polar surface area (TPSA) is 65.0 Å². The molecule has 86 valence electrons. The van der Waals surface area contributed by atoms with E-state index in [2.05, 4.69) is 15.0 Å². The number of aromatic nitrogens is 3. The van der Waals surface area contributed by atoms with E-state index in [0.717, 1.165) is 5.69 Å². The molecule has 0 saturated heterocycles. The first-order valence-electron chi connectivity index (χ1n) is 5.18. The number of hydrogen-bond donors (Lipinski definition) is 0. The SMILES string of the molecule is O=Cc1cnc(OCCc2ccccn2)nc1. The first-order chi connectivity index (χ1) is 8.38. The molecule has 2 aromatic rings.